The lowest BCUT2D eigenvalue weighted by molar-refractivity contribution is -0.385. The van der Waals surface area contributed by atoms with Crippen LogP contribution in [0, 0.1) is 10.1 Å². The summed E-state index contributed by atoms with van der Waals surface area (Å²) in [4.78, 5) is 9.80. The molecular weight excluding hydrogens is 281 g/mol. The Morgan fingerprint density at radius 2 is 2.25 bits per heavy atom. The van der Waals surface area contributed by atoms with Gasteiger partial charge in [-0.15, -0.1) is 0 Å². The van der Waals surface area contributed by atoms with Gasteiger partial charge in [-0.2, -0.15) is 18.3 Å². The molecule has 1 atom stereocenters. The first-order valence-electron chi connectivity index (χ1n) is 5.90. The normalized spacial score (nSPS) is 13.4. The number of halogens is 3. The fourth-order valence-corrected chi connectivity index (χ4v) is 1.51. The zero-order valence-corrected chi connectivity index (χ0v) is 10.5. The number of nitro groups is 1. The van der Waals surface area contributed by atoms with E-state index in [1.165, 1.54) is 10.9 Å². The minimum atomic E-state index is -4.17. The zero-order valence-electron chi connectivity index (χ0n) is 10.5. The Bertz CT molecular complexity index is 436. The molecule has 1 heterocycles. The van der Waals surface area contributed by atoms with Crippen LogP contribution in [0.5, 0.6) is 0 Å². The van der Waals surface area contributed by atoms with Gasteiger partial charge in [-0.1, -0.05) is 0 Å². The molecule has 20 heavy (non-hydrogen) atoms. The van der Waals surface area contributed by atoms with Crippen LogP contribution in [0.4, 0.5) is 18.9 Å². The van der Waals surface area contributed by atoms with Gasteiger partial charge in [-0.05, 0) is 13.0 Å². The summed E-state index contributed by atoms with van der Waals surface area (Å²) >= 11 is 0. The number of aliphatic hydroxyl groups is 1. The van der Waals surface area contributed by atoms with E-state index in [1.54, 1.807) is 0 Å². The summed E-state index contributed by atoms with van der Waals surface area (Å²) in [5.41, 5.74) is -0.185. The van der Waals surface area contributed by atoms with Crippen LogP contribution in [0.3, 0.4) is 0 Å². The molecule has 114 valence electrons. The molecule has 0 saturated carbocycles. The van der Waals surface area contributed by atoms with Crippen molar-refractivity contribution in [1.29, 1.82) is 0 Å². The van der Waals surface area contributed by atoms with Crippen LogP contribution in [0.25, 0.3) is 0 Å². The summed E-state index contributed by atoms with van der Waals surface area (Å²) in [6.07, 6.45) is -3.77. The molecule has 0 amide bonds. The SMILES string of the molecule is O=[N+]([O-])c1cnn(CC(O)CNCCCC(F)(F)F)c1. The van der Waals surface area contributed by atoms with Gasteiger partial charge in [0.05, 0.1) is 17.6 Å². The van der Waals surface area contributed by atoms with Gasteiger partial charge in [0.2, 0.25) is 0 Å². The average Bonchev–Trinajstić information content (AvgIpc) is 2.75. The number of rotatable bonds is 8. The van der Waals surface area contributed by atoms with Crippen molar-refractivity contribution in [3.8, 4) is 0 Å². The van der Waals surface area contributed by atoms with Crippen molar-refractivity contribution >= 4 is 5.69 Å². The highest BCUT2D eigenvalue weighted by atomic mass is 19.4. The number of hydrogen-bond donors (Lipinski definition) is 2. The molecule has 10 heteroatoms. The summed E-state index contributed by atoms with van der Waals surface area (Å²) < 4.78 is 36.8. The second kappa shape index (κ2) is 7.20. The summed E-state index contributed by atoms with van der Waals surface area (Å²) in [5, 5.41) is 26.4. The Morgan fingerprint density at radius 1 is 1.55 bits per heavy atom. The highest BCUT2D eigenvalue weighted by Crippen LogP contribution is 2.20. The van der Waals surface area contributed by atoms with E-state index in [4.69, 9.17) is 0 Å². The molecule has 0 aliphatic carbocycles. The lowest BCUT2D eigenvalue weighted by Crippen LogP contribution is -2.31. The smallest absolute Gasteiger partial charge is 0.389 e. The van der Waals surface area contributed by atoms with Crippen LogP contribution >= 0.6 is 0 Å². The molecular formula is C10H15F3N4O3. The van der Waals surface area contributed by atoms with Gasteiger partial charge in [0.15, 0.2) is 0 Å². The maximum atomic E-state index is 11.9. The minimum absolute atomic E-state index is 0.0279. The summed E-state index contributed by atoms with van der Waals surface area (Å²) in [7, 11) is 0. The predicted octanol–water partition coefficient (Wildman–Crippen LogP) is 1.08. The Balaban J connectivity index is 2.19. The summed E-state index contributed by atoms with van der Waals surface area (Å²) in [6.45, 7) is 0.251. The average molecular weight is 296 g/mol. The number of hydrogen-bond acceptors (Lipinski definition) is 5. The van der Waals surface area contributed by atoms with Gasteiger partial charge >= 0.3 is 11.9 Å². The van der Waals surface area contributed by atoms with Gasteiger partial charge in [-0.25, -0.2) is 0 Å². The van der Waals surface area contributed by atoms with E-state index in [2.05, 4.69) is 10.4 Å². The van der Waals surface area contributed by atoms with Crippen molar-refractivity contribution in [3.63, 3.8) is 0 Å². The van der Waals surface area contributed by atoms with Crippen LogP contribution in [0.1, 0.15) is 12.8 Å². The zero-order chi connectivity index (χ0) is 15.2. The molecule has 0 aromatic carbocycles. The van der Waals surface area contributed by atoms with E-state index >= 15 is 0 Å². The molecule has 7 nitrogen and oxygen atoms in total. The maximum Gasteiger partial charge on any atom is 0.389 e. The monoisotopic (exact) mass is 296 g/mol. The first-order chi connectivity index (χ1) is 9.28. The molecule has 0 fully saturated rings. The molecule has 0 aliphatic rings. The highest BCUT2D eigenvalue weighted by molar-refractivity contribution is 5.20. The Hall–Kier alpha value is -1.68. The Morgan fingerprint density at radius 3 is 2.80 bits per heavy atom. The van der Waals surface area contributed by atoms with Crippen molar-refractivity contribution in [1.82, 2.24) is 15.1 Å². The maximum absolute atomic E-state index is 11.9. The van der Waals surface area contributed by atoms with Crippen molar-refractivity contribution in [2.75, 3.05) is 13.1 Å². The predicted molar refractivity (Wildman–Crippen MR) is 63.0 cm³/mol. The van der Waals surface area contributed by atoms with E-state index in [0.717, 1.165) is 6.20 Å². The third kappa shape index (κ3) is 6.48. The molecule has 0 spiro atoms. The number of alkyl halides is 3. The molecule has 0 radical (unpaired) electrons. The highest BCUT2D eigenvalue weighted by Gasteiger charge is 2.25. The van der Waals surface area contributed by atoms with E-state index < -0.39 is 23.6 Å². The van der Waals surface area contributed by atoms with E-state index in [0.29, 0.717) is 0 Å². The molecule has 0 saturated heterocycles. The molecule has 0 aliphatic heterocycles. The fourth-order valence-electron chi connectivity index (χ4n) is 1.51. The number of nitrogens with zero attached hydrogens (tertiary/aromatic N) is 3. The topological polar surface area (TPSA) is 93.2 Å². The van der Waals surface area contributed by atoms with E-state index in [-0.39, 0.29) is 31.7 Å². The van der Waals surface area contributed by atoms with Crippen LogP contribution in [-0.2, 0) is 6.54 Å². The summed E-state index contributed by atoms with van der Waals surface area (Å²) in [6, 6.07) is 0. The Labute approximate surface area is 112 Å². The van der Waals surface area contributed by atoms with E-state index in [9.17, 15) is 28.4 Å². The second-order valence-electron chi connectivity index (χ2n) is 4.25. The molecule has 0 bridgehead atoms. The Kier molecular flexibility index (Phi) is 5.89. The minimum Gasteiger partial charge on any atom is -0.390 e. The van der Waals surface area contributed by atoms with Crippen LogP contribution in [0.15, 0.2) is 12.4 Å². The van der Waals surface area contributed by atoms with Crippen LogP contribution < -0.4 is 5.32 Å². The second-order valence-corrected chi connectivity index (χ2v) is 4.25. The standard InChI is InChI=1S/C10H15F3N4O3/c11-10(12,13)2-1-3-14-5-9(18)7-16-6-8(4-15-16)17(19)20/h4,6,9,14,18H,1-3,5,7H2. The molecule has 1 aromatic heterocycles. The van der Waals surface area contributed by atoms with Crippen molar-refractivity contribution in [3.05, 3.63) is 22.5 Å². The van der Waals surface area contributed by atoms with E-state index in [1.807, 2.05) is 0 Å². The van der Waals surface area contributed by atoms with Crippen LogP contribution in [0.2, 0.25) is 0 Å². The quantitative estimate of drug-likeness (QED) is 0.425. The van der Waals surface area contributed by atoms with Crippen molar-refractivity contribution in [2.45, 2.75) is 31.7 Å². The van der Waals surface area contributed by atoms with Gasteiger partial charge in [0, 0.05) is 13.0 Å². The fraction of sp³-hybridized carbons (Fsp3) is 0.700. The lowest BCUT2D eigenvalue weighted by Gasteiger charge is -2.12. The molecule has 1 unspecified atom stereocenters. The first kappa shape index (κ1) is 16.4. The molecule has 1 aromatic rings. The number of aromatic nitrogens is 2. The third-order valence-electron chi connectivity index (χ3n) is 2.42. The van der Waals surface area contributed by atoms with Gasteiger partial charge in [-0.3, -0.25) is 14.8 Å². The van der Waals surface area contributed by atoms with Crippen molar-refractivity contribution < 1.29 is 23.2 Å². The third-order valence-corrected chi connectivity index (χ3v) is 2.42. The number of aliphatic hydroxyl groups excluding tert-OH is 1. The summed E-state index contributed by atoms with van der Waals surface area (Å²) in [5.74, 6) is 0. The van der Waals surface area contributed by atoms with Crippen molar-refractivity contribution in [2.24, 2.45) is 0 Å². The van der Waals surface area contributed by atoms with Gasteiger partial charge in [0.25, 0.3) is 0 Å². The van der Waals surface area contributed by atoms with Gasteiger partial charge in [0.1, 0.15) is 12.4 Å². The molecule has 2 N–H and O–H groups in total. The van der Waals surface area contributed by atoms with Gasteiger partial charge < -0.3 is 10.4 Å². The lowest BCUT2D eigenvalue weighted by atomic mass is 10.3. The number of nitrogens with one attached hydrogen (secondary N) is 1. The first-order valence-corrected chi connectivity index (χ1v) is 5.90. The largest absolute Gasteiger partial charge is 0.390 e. The molecule has 1 rings (SSSR count). The van der Waals surface area contributed by atoms with Crippen LogP contribution in [-0.4, -0.2) is 45.2 Å².